The van der Waals surface area contributed by atoms with Gasteiger partial charge in [0.15, 0.2) is 11.5 Å². The van der Waals surface area contributed by atoms with Crippen LogP contribution in [-0.2, 0) is 6.42 Å². The van der Waals surface area contributed by atoms with Gasteiger partial charge in [0.2, 0.25) is 0 Å². The Morgan fingerprint density at radius 1 is 0.955 bits per heavy atom. The van der Waals surface area contributed by atoms with Gasteiger partial charge in [-0.25, -0.2) is 0 Å². The Hall–Kier alpha value is -2.24. The van der Waals surface area contributed by atoms with Gasteiger partial charge in [0, 0.05) is 6.42 Å². The fourth-order valence-corrected chi connectivity index (χ4v) is 2.33. The van der Waals surface area contributed by atoms with Gasteiger partial charge in [0.1, 0.15) is 18.4 Å². The molecule has 0 spiro atoms. The summed E-state index contributed by atoms with van der Waals surface area (Å²) >= 11 is 0. The molecule has 0 amide bonds. The maximum absolute atomic E-state index is 10.1. The molecule has 6 N–H and O–H groups in total. The van der Waals surface area contributed by atoms with E-state index >= 15 is 0 Å². The normalized spacial score (nSPS) is 13.7. The van der Waals surface area contributed by atoms with Crippen LogP contribution in [0.1, 0.15) is 24.2 Å². The average molecular weight is 304 g/mol. The van der Waals surface area contributed by atoms with Crippen molar-refractivity contribution in [2.75, 3.05) is 6.54 Å². The fraction of sp³-hybridized carbons (Fsp3) is 0.294. The summed E-state index contributed by atoms with van der Waals surface area (Å²) in [7, 11) is 0. The van der Waals surface area contributed by atoms with E-state index in [0.29, 0.717) is 12.1 Å². The molecule has 0 radical (unpaired) electrons. The lowest BCUT2D eigenvalue weighted by Gasteiger charge is -2.15. The van der Waals surface area contributed by atoms with Crippen molar-refractivity contribution in [2.45, 2.75) is 25.5 Å². The molecule has 0 saturated carbocycles. The minimum absolute atomic E-state index is 0.194. The SMILES string of the molecule is C[C@H](Cc1ccc(O)cc1)[NH2+]C[C@@H](O)c1ccc(O)c(O)c1. The van der Waals surface area contributed by atoms with Crippen molar-refractivity contribution in [1.29, 1.82) is 0 Å². The molecule has 0 aliphatic carbocycles. The van der Waals surface area contributed by atoms with Crippen molar-refractivity contribution in [3.8, 4) is 17.2 Å². The van der Waals surface area contributed by atoms with Gasteiger partial charge >= 0.3 is 0 Å². The zero-order chi connectivity index (χ0) is 16.1. The summed E-state index contributed by atoms with van der Waals surface area (Å²) in [6.45, 7) is 2.53. The van der Waals surface area contributed by atoms with Crippen molar-refractivity contribution in [2.24, 2.45) is 0 Å². The number of hydrogen-bond acceptors (Lipinski definition) is 4. The topological polar surface area (TPSA) is 97.5 Å². The lowest BCUT2D eigenvalue weighted by Crippen LogP contribution is -2.90. The molecule has 2 aromatic rings. The molecule has 0 aliphatic rings. The Bertz CT molecular complexity index is 613. The summed E-state index contributed by atoms with van der Waals surface area (Å²) in [4.78, 5) is 0. The van der Waals surface area contributed by atoms with Gasteiger partial charge in [-0.05, 0) is 42.3 Å². The van der Waals surface area contributed by atoms with Crippen LogP contribution in [0, 0.1) is 0 Å². The first kappa shape index (κ1) is 16.1. The number of phenolic OH excluding ortho intramolecular Hbond substituents is 3. The van der Waals surface area contributed by atoms with Crippen LogP contribution < -0.4 is 5.32 Å². The highest BCUT2D eigenvalue weighted by Gasteiger charge is 2.14. The van der Waals surface area contributed by atoms with Gasteiger partial charge < -0.3 is 25.7 Å². The third-order valence-corrected chi connectivity index (χ3v) is 3.64. The van der Waals surface area contributed by atoms with Crippen LogP contribution in [0.25, 0.3) is 0 Å². The van der Waals surface area contributed by atoms with Crippen molar-refractivity contribution >= 4 is 0 Å². The third-order valence-electron chi connectivity index (χ3n) is 3.64. The van der Waals surface area contributed by atoms with E-state index in [-0.39, 0.29) is 23.3 Å². The number of benzene rings is 2. The molecule has 5 heteroatoms. The second-order valence-electron chi connectivity index (χ2n) is 5.58. The van der Waals surface area contributed by atoms with E-state index in [4.69, 9.17) is 0 Å². The minimum atomic E-state index is -0.714. The first-order chi connectivity index (χ1) is 10.5. The summed E-state index contributed by atoms with van der Waals surface area (Å²) in [5, 5.41) is 40.1. The van der Waals surface area contributed by atoms with Crippen molar-refractivity contribution in [1.82, 2.24) is 0 Å². The molecule has 0 aromatic heterocycles. The Morgan fingerprint density at radius 2 is 1.64 bits per heavy atom. The van der Waals surface area contributed by atoms with Crippen molar-refractivity contribution in [3.05, 3.63) is 53.6 Å². The molecule has 2 atom stereocenters. The van der Waals surface area contributed by atoms with Gasteiger partial charge in [0.05, 0.1) is 6.04 Å². The minimum Gasteiger partial charge on any atom is -0.508 e. The number of phenols is 3. The second kappa shape index (κ2) is 7.15. The number of rotatable bonds is 6. The first-order valence-electron chi connectivity index (χ1n) is 7.27. The molecule has 0 bridgehead atoms. The molecule has 118 valence electrons. The Kier molecular flexibility index (Phi) is 5.25. The first-order valence-corrected chi connectivity index (χ1v) is 7.27. The molecule has 0 unspecified atom stereocenters. The van der Waals surface area contributed by atoms with Crippen molar-refractivity contribution < 1.29 is 25.7 Å². The molecule has 5 nitrogen and oxygen atoms in total. The quantitative estimate of drug-likeness (QED) is 0.515. The largest absolute Gasteiger partial charge is 0.508 e. The van der Waals surface area contributed by atoms with E-state index in [2.05, 4.69) is 6.92 Å². The second-order valence-corrected chi connectivity index (χ2v) is 5.58. The molecule has 0 heterocycles. The zero-order valence-electron chi connectivity index (χ0n) is 12.5. The van der Waals surface area contributed by atoms with Gasteiger partial charge in [-0.15, -0.1) is 0 Å². The third kappa shape index (κ3) is 4.38. The Morgan fingerprint density at radius 3 is 2.27 bits per heavy atom. The maximum Gasteiger partial charge on any atom is 0.157 e. The number of nitrogens with two attached hydrogens (primary N) is 1. The standard InChI is InChI=1S/C17H21NO4/c1-11(8-12-2-5-14(19)6-3-12)18-10-17(22)13-4-7-15(20)16(21)9-13/h2-7,9,11,17-22H,8,10H2,1H3/p+1/t11-,17-/m1/s1. The van der Waals surface area contributed by atoms with E-state index < -0.39 is 6.10 Å². The molecule has 22 heavy (non-hydrogen) atoms. The van der Waals surface area contributed by atoms with Crippen LogP contribution in [-0.4, -0.2) is 33.0 Å². The van der Waals surface area contributed by atoms with Crippen LogP contribution >= 0.6 is 0 Å². The monoisotopic (exact) mass is 304 g/mol. The number of aliphatic hydroxyl groups is 1. The fourth-order valence-electron chi connectivity index (χ4n) is 2.33. The van der Waals surface area contributed by atoms with Crippen LogP contribution in [0.2, 0.25) is 0 Å². The summed E-state index contributed by atoms with van der Waals surface area (Å²) in [5.74, 6) is -0.169. The van der Waals surface area contributed by atoms with Crippen LogP contribution in [0.3, 0.4) is 0 Å². The highest BCUT2D eigenvalue weighted by molar-refractivity contribution is 5.41. The zero-order valence-corrected chi connectivity index (χ0v) is 12.5. The smallest absolute Gasteiger partial charge is 0.157 e. The van der Waals surface area contributed by atoms with E-state index in [9.17, 15) is 20.4 Å². The van der Waals surface area contributed by atoms with Crippen LogP contribution in [0.4, 0.5) is 0 Å². The van der Waals surface area contributed by atoms with Gasteiger partial charge in [-0.3, -0.25) is 0 Å². The molecule has 0 saturated heterocycles. The van der Waals surface area contributed by atoms with E-state index in [1.54, 1.807) is 18.2 Å². The maximum atomic E-state index is 10.1. The highest BCUT2D eigenvalue weighted by Crippen LogP contribution is 2.27. The van der Waals surface area contributed by atoms with Crippen molar-refractivity contribution in [3.63, 3.8) is 0 Å². The van der Waals surface area contributed by atoms with Crippen LogP contribution in [0.15, 0.2) is 42.5 Å². The lowest BCUT2D eigenvalue weighted by molar-refractivity contribution is -0.692. The van der Waals surface area contributed by atoms with E-state index in [1.165, 1.54) is 12.1 Å². The lowest BCUT2D eigenvalue weighted by atomic mass is 10.1. The molecule has 2 aromatic carbocycles. The predicted octanol–water partition coefficient (Wildman–Crippen LogP) is 1.03. The summed E-state index contributed by atoms with van der Waals surface area (Å²) in [6.07, 6.45) is 0.113. The number of aliphatic hydroxyl groups excluding tert-OH is 1. The average Bonchev–Trinajstić information content (AvgIpc) is 2.50. The molecule has 2 rings (SSSR count). The Labute approximate surface area is 129 Å². The number of aromatic hydroxyl groups is 3. The van der Waals surface area contributed by atoms with Crippen LogP contribution in [0.5, 0.6) is 17.2 Å². The molecular formula is C17H22NO4+. The molecular weight excluding hydrogens is 282 g/mol. The van der Waals surface area contributed by atoms with Gasteiger partial charge in [-0.2, -0.15) is 0 Å². The summed E-state index contributed by atoms with van der Waals surface area (Å²) in [6, 6.07) is 11.7. The summed E-state index contributed by atoms with van der Waals surface area (Å²) in [5.41, 5.74) is 1.70. The molecule has 0 aliphatic heterocycles. The van der Waals surface area contributed by atoms with Gasteiger partial charge in [0.25, 0.3) is 0 Å². The highest BCUT2D eigenvalue weighted by atomic mass is 16.3. The van der Waals surface area contributed by atoms with Gasteiger partial charge in [-0.1, -0.05) is 18.2 Å². The van der Waals surface area contributed by atoms with E-state index in [1.807, 2.05) is 17.4 Å². The molecule has 0 fully saturated rings. The Balaban J connectivity index is 1.85. The van der Waals surface area contributed by atoms with E-state index in [0.717, 1.165) is 12.0 Å². The number of quaternary nitrogens is 1. The summed E-state index contributed by atoms with van der Waals surface area (Å²) < 4.78 is 0. The predicted molar refractivity (Wildman–Crippen MR) is 82.8 cm³/mol. The number of hydrogen-bond donors (Lipinski definition) is 5.